The van der Waals surface area contributed by atoms with E-state index in [1.807, 2.05) is 23.7 Å². The number of hydrogen-bond donors (Lipinski definition) is 1. The van der Waals surface area contributed by atoms with Crippen LogP contribution in [0.4, 0.5) is 0 Å². The maximum absolute atomic E-state index is 5.97. The second-order valence-corrected chi connectivity index (χ2v) is 5.27. The molecule has 17 heavy (non-hydrogen) atoms. The van der Waals surface area contributed by atoms with E-state index in [2.05, 4.69) is 34.0 Å². The lowest BCUT2D eigenvalue weighted by Crippen LogP contribution is -2.23. The van der Waals surface area contributed by atoms with Crippen LogP contribution in [0.5, 0.6) is 0 Å². The highest BCUT2D eigenvalue weighted by Gasteiger charge is 2.07. The lowest BCUT2D eigenvalue weighted by atomic mass is 10.1. The highest BCUT2D eigenvalue weighted by atomic mass is 32.1. The summed E-state index contributed by atoms with van der Waals surface area (Å²) < 4.78 is 2.22. The Morgan fingerprint density at radius 2 is 2.41 bits per heavy atom. The van der Waals surface area contributed by atoms with Crippen molar-refractivity contribution in [1.29, 1.82) is 0 Å². The molecule has 0 aliphatic carbocycles. The zero-order valence-corrected chi connectivity index (χ0v) is 11.0. The van der Waals surface area contributed by atoms with Crippen LogP contribution in [0.15, 0.2) is 29.9 Å². The van der Waals surface area contributed by atoms with Gasteiger partial charge in [0.25, 0.3) is 0 Å². The maximum Gasteiger partial charge on any atom is 0.110 e. The van der Waals surface area contributed by atoms with E-state index in [-0.39, 0.29) is 6.04 Å². The van der Waals surface area contributed by atoms with Gasteiger partial charge in [-0.25, -0.2) is 4.98 Å². The van der Waals surface area contributed by atoms with Gasteiger partial charge in [0.2, 0.25) is 0 Å². The van der Waals surface area contributed by atoms with Gasteiger partial charge in [0.1, 0.15) is 5.82 Å². The fraction of sp³-hybridized carbons (Fsp3) is 0.462. The first-order valence-corrected chi connectivity index (χ1v) is 6.95. The summed E-state index contributed by atoms with van der Waals surface area (Å²) in [6.45, 7) is 3.11. The lowest BCUT2D eigenvalue weighted by Gasteiger charge is -2.10. The molecule has 2 aromatic rings. The normalized spacial score (nSPS) is 12.8. The molecule has 1 unspecified atom stereocenters. The van der Waals surface area contributed by atoms with Crippen molar-refractivity contribution in [1.82, 2.24) is 9.55 Å². The van der Waals surface area contributed by atoms with E-state index in [0.717, 1.165) is 31.6 Å². The van der Waals surface area contributed by atoms with Crippen LogP contribution in [0.3, 0.4) is 0 Å². The largest absolute Gasteiger partial charge is 0.335 e. The Balaban J connectivity index is 1.94. The lowest BCUT2D eigenvalue weighted by molar-refractivity contribution is 0.580. The summed E-state index contributed by atoms with van der Waals surface area (Å²) >= 11 is 1.81. The molecule has 2 N–H and O–H groups in total. The number of hydrogen-bond acceptors (Lipinski definition) is 3. The van der Waals surface area contributed by atoms with Crippen LogP contribution in [0.25, 0.3) is 0 Å². The zero-order chi connectivity index (χ0) is 12.1. The van der Waals surface area contributed by atoms with Crippen molar-refractivity contribution in [2.24, 2.45) is 5.73 Å². The average Bonchev–Trinajstić information content (AvgIpc) is 2.97. The minimum atomic E-state index is 0.220. The van der Waals surface area contributed by atoms with Gasteiger partial charge in [-0.3, -0.25) is 0 Å². The van der Waals surface area contributed by atoms with E-state index < -0.39 is 0 Å². The minimum absolute atomic E-state index is 0.220. The van der Waals surface area contributed by atoms with Gasteiger partial charge in [-0.05, 0) is 24.3 Å². The summed E-state index contributed by atoms with van der Waals surface area (Å²) in [7, 11) is 0. The Hall–Kier alpha value is -1.13. The molecular formula is C13H19N3S. The van der Waals surface area contributed by atoms with E-state index in [9.17, 15) is 0 Å². The summed E-state index contributed by atoms with van der Waals surface area (Å²) in [4.78, 5) is 5.81. The number of nitrogens with two attached hydrogens (primary N) is 1. The van der Waals surface area contributed by atoms with Gasteiger partial charge >= 0.3 is 0 Å². The molecule has 2 heterocycles. The van der Waals surface area contributed by atoms with Crippen molar-refractivity contribution in [3.63, 3.8) is 0 Å². The minimum Gasteiger partial charge on any atom is -0.335 e. The predicted molar refractivity (Wildman–Crippen MR) is 72.2 cm³/mol. The maximum atomic E-state index is 5.97. The summed E-state index contributed by atoms with van der Waals surface area (Å²) in [5.41, 5.74) is 5.97. The van der Waals surface area contributed by atoms with Gasteiger partial charge in [0, 0.05) is 36.3 Å². The molecule has 0 saturated heterocycles. The van der Waals surface area contributed by atoms with E-state index >= 15 is 0 Å². The van der Waals surface area contributed by atoms with Crippen molar-refractivity contribution >= 4 is 11.3 Å². The summed E-state index contributed by atoms with van der Waals surface area (Å²) in [6, 6.07) is 4.50. The molecule has 0 aromatic carbocycles. The third-order valence-electron chi connectivity index (χ3n) is 2.95. The van der Waals surface area contributed by atoms with Gasteiger partial charge in [0.15, 0.2) is 0 Å². The van der Waals surface area contributed by atoms with Gasteiger partial charge in [-0.15, -0.1) is 11.3 Å². The topological polar surface area (TPSA) is 43.8 Å². The Bertz CT molecular complexity index is 433. The second kappa shape index (κ2) is 5.98. The van der Waals surface area contributed by atoms with Crippen LogP contribution in [0.1, 0.15) is 24.0 Å². The fourth-order valence-electron chi connectivity index (χ4n) is 1.80. The highest BCUT2D eigenvalue weighted by molar-refractivity contribution is 7.09. The quantitative estimate of drug-likeness (QED) is 0.854. The summed E-state index contributed by atoms with van der Waals surface area (Å²) in [6.07, 6.45) is 6.85. The van der Waals surface area contributed by atoms with Crippen molar-refractivity contribution in [3.8, 4) is 0 Å². The van der Waals surface area contributed by atoms with Crippen molar-refractivity contribution in [2.45, 2.75) is 38.8 Å². The number of thiophene rings is 1. The standard InChI is InChI=1S/C13H19N3S/c1-2-11(14)10-13-15-6-8-16(13)7-5-12-4-3-9-17-12/h3-4,6,8-9,11H,2,5,7,10,14H2,1H3. The van der Waals surface area contributed by atoms with Crippen LogP contribution in [0.2, 0.25) is 0 Å². The summed E-state index contributed by atoms with van der Waals surface area (Å²) in [5, 5.41) is 2.12. The first-order chi connectivity index (χ1) is 8.29. The molecule has 4 heteroatoms. The van der Waals surface area contributed by atoms with Crippen LogP contribution in [-0.4, -0.2) is 15.6 Å². The Kier molecular flexibility index (Phi) is 4.34. The molecule has 0 fully saturated rings. The highest BCUT2D eigenvalue weighted by Crippen LogP contribution is 2.11. The molecule has 0 aliphatic heterocycles. The third-order valence-corrected chi connectivity index (χ3v) is 3.89. The molecule has 0 radical (unpaired) electrons. The SMILES string of the molecule is CCC(N)Cc1nccn1CCc1cccs1. The molecule has 2 aromatic heterocycles. The van der Waals surface area contributed by atoms with Crippen LogP contribution in [0, 0.1) is 0 Å². The molecule has 2 rings (SSSR count). The molecule has 3 nitrogen and oxygen atoms in total. The number of imidazole rings is 1. The first kappa shape index (κ1) is 12.3. The van der Waals surface area contributed by atoms with E-state index in [0.29, 0.717) is 0 Å². The smallest absolute Gasteiger partial charge is 0.110 e. The molecule has 0 bridgehead atoms. The van der Waals surface area contributed by atoms with Crippen molar-refractivity contribution in [2.75, 3.05) is 0 Å². The van der Waals surface area contributed by atoms with Crippen molar-refractivity contribution < 1.29 is 0 Å². The van der Waals surface area contributed by atoms with Crippen LogP contribution >= 0.6 is 11.3 Å². The van der Waals surface area contributed by atoms with Gasteiger partial charge in [-0.2, -0.15) is 0 Å². The average molecular weight is 249 g/mol. The second-order valence-electron chi connectivity index (χ2n) is 4.24. The fourth-order valence-corrected chi connectivity index (χ4v) is 2.50. The van der Waals surface area contributed by atoms with Gasteiger partial charge in [-0.1, -0.05) is 13.0 Å². The Labute approximate surface area is 106 Å². The Morgan fingerprint density at radius 3 is 3.12 bits per heavy atom. The number of aryl methyl sites for hydroxylation is 2. The first-order valence-electron chi connectivity index (χ1n) is 6.07. The van der Waals surface area contributed by atoms with E-state index in [1.165, 1.54) is 4.88 Å². The summed E-state index contributed by atoms with van der Waals surface area (Å²) in [5.74, 6) is 1.11. The van der Waals surface area contributed by atoms with E-state index in [1.54, 1.807) is 0 Å². The number of rotatable bonds is 6. The number of aromatic nitrogens is 2. The number of nitrogens with zero attached hydrogens (tertiary/aromatic N) is 2. The molecule has 0 spiro atoms. The van der Waals surface area contributed by atoms with Crippen LogP contribution < -0.4 is 5.73 Å². The molecule has 1 atom stereocenters. The van der Waals surface area contributed by atoms with E-state index in [4.69, 9.17) is 5.73 Å². The zero-order valence-electron chi connectivity index (χ0n) is 10.2. The molecule has 92 valence electrons. The van der Waals surface area contributed by atoms with Crippen LogP contribution in [-0.2, 0) is 19.4 Å². The molecule has 0 aliphatic rings. The predicted octanol–water partition coefficient (Wildman–Crippen LogP) is 2.47. The van der Waals surface area contributed by atoms with Crippen molar-refractivity contribution in [3.05, 3.63) is 40.6 Å². The monoisotopic (exact) mass is 249 g/mol. The molecule has 0 amide bonds. The third kappa shape index (κ3) is 3.41. The molecular weight excluding hydrogens is 230 g/mol. The molecule has 0 saturated carbocycles. The Morgan fingerprint density at radius 1 is 1.53 bits per heavy atom. The van der Waals surface area contributed by atoms with Gasteiger partial charge < -0.3 is 10.3 Å². The van der Waals surface area contributed by atoms with Gasteiger partial charge in [0.05, 0.1) is 0 Å².